The van der Waals surface area contributed by atoms with Gasteiger partial charge in [0.2, 0.25) is 0 Å². The monoisotopic (exact) mass is 504 g/mol. The molecule has 2 aromatic heterocycles. The lowest BCUT2D eigenvalue weighted by molar-refractivity contribution is 0.281. The number of hydrogen-bond donors (Lipinski definition) is 3. The first kappa shape index (κ1) is 23.1. The second-order valence-electron chi connectivity index (χ2n) is 6.22. The zero-order valence-electron chi connectivity index (χ0n) is 15.7. The van der Waals surface area contributed by atoms with E-state index in [0.29, 0.717) is 16.7 Å². The van der Waals surface area contributed by atoms with Crippen molar-refractivity contribution in [2.75, 3.05) is 16.6 Å². The molecule has 0 aliphatic rings. The van der Waals surface area contributed by atoms with E-state index in [4.69, 9.17) is 23.2 Å². The zero-order valence-corrected chi connectivity index (χ0v) is 19.6. The topological polar surface area (TPSA) is 104 Å². The predicted molar refractivity (Wildman–Crippen MR) is 123 cm³/mol. The number of rotatable bonds is 9. The molecule has 0 aliphatic carbocycles. The van der Waals surface area contributed by atoms with Gasteiger partial charge < -0.3 is 10.4 Å². The van der Waals surface area contributed by atoms with Gasteiger partial charge in [-0.1, -0.05) is 65.3 Å². The fourth-order valence-corrected chi connectivity index (χ4v) is 6.29. The number of thioether (sulfide) groups is 1. The van der Waals surface area contributed by atoms with Gasteiger partial charge in [-0.05, 0) is 18.6 Å². The van der Waals surface area contributed by atoms with Crippen LogP contribution in [0.2, 0.25) is 8.67 Å². The maximum absolute atomic E-state index is 12.7. The zero-order chi connectivity index (χ0) is 21.7. The first-order chi connectivity index (χ1) is 14.3. The number of aliphatic hydroxyl groups is 1. The Labute approximate surface area is 192 Å². The summed E-state index contributed by atoms with van der Waals surface area (Å²) in [5, 5.41) is 12.7. The van der Waals surface area contributed by atoms with Crippen molar-refractivity contribution in [3.63, 3.8) is 0 Å². The molecule has 1 aromatic carbocycles. The van der Waals surface area contributed by atoms with Gasteiger partial charge in [0.15, 0.2) is 5.16 Å². The fourth-order valence-electron chi connectivity index (χ4n) is 2.34. The van der Waals surface area contributed by atoms with Crippen LogP contribution >= 0.6 is 46.3 Å². The molecule has 0 aliphatic heterocycles. The van der Waals surface area contributed by atoms with Crippen LogP contribution in [-0.2, 0) is 15.8 Å². The summed E-state index contributed by atoms with van der Waals surface area (Å²) in [6, 6.07) is 12.2. The molecule has 0 unspecified atom stereocenters. The molecule has 12 heteroatoms. The normalized spacial score (nSPS) is 12.5. The number of aromatic nitrogens is 2. The van der Waals surface area contributed by atoms with Crippen LogP contribution in [0, 0.1) is 0 Å². The van der Waals surface area contributed by atoms with E-state index in [-0.39, 0.29) is 32.0 Å². The second-order valence-corrected chi connectivity index (χ2v) is 11.1. The average Bonchev–Trinajstić information content (AvgIpc) is 3.05. The number of aliphatic hydroxyl groups excluding tert-OH is 1. The Kier molecular flexibility index (Phi) is 7.83. The Morgan fingerprint density at radius 3 is 2.50 bits per heavy atom. The molecule has 7 nitrogen and oxygen atoms in total. The van der Waals surface area contributed by atoms with Crippen LogP contribution in [0.25, 0.3) is 0 Å². The van der Waals surface area contributed by atoms with Crippen molar-refractivity contribution in [3.8, 4) is 0 Å². The maximum atomic E-state index is 12.7. The quantitative estimate of drug-likeness (QED) is 0.285. The minimum absolute atomic E-state index is 0.0625. The van der Waals surface area contributed by atoms with Crippen LogP contribution < -0.4 is 10.0 Å². The van der Waals surface area contributed by atoms with E-state index < -0.39 is 10.0 Å². The van der Waals surface area contributed by atoms with Crippen LogP contribution in [0.1, 0.15) is 12.5 Å². The lowest BCUT2D eigenvalue weighted by Crippen LogP contribution is -2.21. The van der Waals surface area contributed by atoms with E-state index in [1.54, 1.807) is 6.92 Å². The molecule has 0 saturated heterocycles. The van der Waals surface area contributed by atoms with Crippen molar-refractivity contribution in [3.05, 3.63) is 56.7 Å². The molecule has 3 rings (SSSR count). The highest BCUT2D eigenvalue weighted by atomic mass is 35.5. The smallest absolute Gasteiger partial charge is 0.265 e. The van der Waals surface area contributed by atoms with Crippen LogP contribution in [-0.4, -0.2) is 36.1 Å². The summed E-state index contributed by atoms with van der Waals surface area (Å²) >= 11 is 14.2. The highest BCUT2D eigenvalue weighted by molar-refractivity contribution is 7.98. The van der Waals surface area contributed by atoms with Gasteiger partial charge >= 0.3 is 0 Å². The van der Waals surface area contributed by atoms with Crippen LogP contribution in [0.5, 0.6) is 0 Å². The van der Waals surface area contributed by atoms with Crippen LogP contribution in [0.15, 0.2) is 52.5 Å². The molecule has 0 radical (unpaired) electrons. The predicted octanol–water partition coefficient (Wildman–Crippen LogP) is 4.73. The average molecular weight is 505 g/mol. The molecule has 0 amide bonds. The van der Waals surface area contributed by atoms with Gasteiger partial charge in [-0.25, -0.2) is 18.4 Å². The number of nitrogens with one attached hydrogen (secondary N) is 2. The fraction of sp³-hybridized carbons (Fsp3) is 0.222. The molecule has 0 fully saturated rings. The molecule has 30 heavy (non-hydrogen) atoms. The molecular weight excluding hydrogens is 487 g/mol. The van der Waals surface area contributed by atoms with Gasteiger partial charge in [0, 0.05) is 17.9 Å². The Morgan fingerprint density at radius 1 is 1.17 bits per heavy atom. The SMILES string of the molecule is C[C@H](CO)Nc1cc(NS(=O)(=O)c2cc(Cl)sc2Cl)nc(SCc2ccccc2)n1. The Hall–Kier alpha value is -1.56. The van der Waals surface area contributed by atoms with E-state index in [1.165, 1.54) is 23.9 Å². The summed E-state index contributed by atoms with van der Waals surface area (Å²) in [6.45, 7) is 1.66. The number of benzene rings is 1. The number of nitrogens with zero attached hydrogens (tertiary/aromatic N) is 2. The van der Waals surface area contributed by atoms with Crippen molar-refractivity contribution >= 4 is 68.0 Å². The first-order valence-corrected chi connectivity index (χ1v) is 12.7. The minimum Gasteiger partial charge on any atom is -0.394 e. The summed E-state index contributed by atoms with van der Waals surface area (Å²) in [5.41, 5.74) is 1.08. The van der Waals surface area contributed by atoms with E-state index >= 15 is 0 Å². The summed E-state index contributed by atoms with van der Waals surface area (Å²) in [4.78, 5) is 8.61. The van der Waals surface area contributed by atoms with Crippen molar-refractivity contribution < 1.29 is 13.5 Å². The highest BCUT2D eigenvalue weighted by Crippen LogP contribution is 2.35. The second kappa shape index (κ2) is 10.2. The summed E-state index contributed by atoms with van der Waals surface area (Å²) < 4.78 is 28.2. The number of hydrogen-bond acceptors (Lipinski definition) is 8. The molecule has 3 N–H and O–H groups in total. The number of thiophene rings is 1. The van der Waals surface area contributed by atoms with Gasteiger partial charge in [0.1, 0.15) is 20.9 Å². The van der Waals surface area contributed by atoms with Crippen molar-refractivity contribution in [2.24, 2.45) is 0 Å². The van der Waals surface area contributed by atoms with E-state index in [9.17, 15) is 13.5 Å². The maximum Gasteiger partial charge on any atom is 0.265 e. The summed E-state index contributed by atoms with van der Waals surface area (Å²) in [7, 11) is -3.99. The first-order valence-electron chi connectivity index (χ1n) is 8.67. The third kappa shape index (κ3) is 6.22. The molecule has 2 heterocycles. The molecule has 0 bridgehead atoms. The van der Waals surface area contributed by atoms with Crippen molar-refractivity contribution in [1.82, 2.24) is 9.97 Å². The third-order valence-electron chi connectivity index (χ3n) is 3.74. The Balaban J connectivity index is 1.88. The van der Waals surface area contributed by atoms with Gasteiger partial charge in [0.25, 0.3) is 10.0 Å². The lowest BCUT2D eigenvalue weighted by Gasteiger charge is -2.14. The summed E-state index contributed by atoms with van der Waals surface area (Å²) in [5.74, 6) is 1.07. The number of sulfonamides is 1. The number of anilines is 2. The van der Waals surface area contributed by atoms with Crippen molar-refractivity contribution in [1.29, 1.82) is 0 Å². The molecule has 3 aromatic rings. The van der Waals surface area contributed by atoms with E-state index in [0.717, 1.165) is 16.9 Å². The van der Waals surface area contributed by atoms with Crippen molar-refractivity contribution in [2.45, 2.75) is 28.8 Å². The molecule has 0 spiro atoms. The minimum atomic E-state index is -3.99. The molecule has 160 valence electrons. The Morgan fingerprint density at radius 2 is 1.87 bits per heavy atom. The standard InChI is InChI=1S/C18H18Cl2N4O3S3/c1-11(9-25)21-15-8-16(24-30(26,27)13-7-14(19)29-17(13)20)23-18(22-15)28-10-12-5-3-2-4-6-12/h2-8,11,25H,9-10H2,1H3,(H2,21,22,23,24)/t11-/m1/s1. The Bertz CT molecular complexity index is 1110. The molecule has 0 saturated carbocycles. The molecular formula is C18H18Cl2N4O3S3. The van der Waals surface area contributed by atoms with Crippen LogP contribution in [0.3, 0.4) is 0 Å². The number of halogens is 2. The largest absolute Gasteiger partial charge is 0.394 e. The molecule has 1 atom stereocenters. The lowest BCUT2D eigenvalue weighted by atomic mass is 10.2. The highest BCUT2D eigenvalue weighted by Gasteiger charge is 2.22. The van der Waals surface area contributed by atoms with Gasteiger partial charge in [-0.3, -0.25) is 4.72 Å². The van der Waals surface area contributed by atoms with E-state index in [1.807, 2.05) is 30.3 Å². The summed E-state index contributed by atoms with van der Waals surface area (Å²) in [6.07, 6.45) is 0. The van der Waals surface area contributed by atoms with Gasteiger partial charge in [-0.2, -0.15) is 0 Å². The van der Waals surface area contributed by atoms with Crippen LogP contribution in [0.4, 0.5) is 11.6 Å². The van der Waals surface area contributed by atoms with E-state index in [2.05, 4.69) is 20.0 Å². The van der Waals surface area contributed by atoms with Gasteiger partial charge in [-0.15, -0.1) is 11.3 Å². The van der Waals surface area contributed by atoms with Gasteiger partial charge in [0.05, 0.1) is 10.9 Å². The third-order valence-corrected chi connectivity index (χ3v) is 7.76.